The van der Waals surface area contributed by atoms with Crippen LogP contribution < -0.4 is 4.74 Å². The van der Waals surface area contributed by atoms with Crippen LogP contribution >= 0.6 is 23.2 Å². The summed E-state index contributed by atoms with van der Waals surface area (Å²) in [4.78, 5) is 5.94. The number of aromatic nitrogens is 1. The van der Waals surface area contributed by atoms with E-state index in [-0.39, 0.29) is 0 Å². The average Bonchev–Trinajstić information content (AvgIpc) is 2.92. The summed E-state index contributed by atoms with van der Waals surface area (Å²) in [5, 5.41) is 2.75. The minimum absolute atomic E-state index is 0.654. The molecule has 1 aliphatic heterocycles. The normalized spacial score (nSPS) is 14.8. The van der Waals surface area contributed by atoms with Crippen LogP contribution in [-0.4, -0.2) is 29.6 Å². The first-order valence-corrected chi connectivity index (χ1v) is 8.84. The molecule has 124 valence electrons. The van der Waals surface area contributed by atoms with Crippen molar-refractivity contribution in [1.82, 2.24) is 9.88 Å². The smallest absolute Gasteiger partial charge is 0.120 e. The number of hydrogen-bond acceptors (Lipinski definition) is 2. The Morgan fingerprint density at radius 1 is 1.08 bits per heavy atom. The Morgan fingerprint density at radius 3 is 2.83 bits per heavy atom. The van der Waals surface area contributed by atoms with E-state index in [1.165, 1.54) is 22.2 Å². The van der Waals surface area contributed by atoms with Gasteiger partial charge in [-0.05, 0) is 48.4 Å². The fourth-order valence-electron chi connectivity index (χ4n) is 3.31. The first-order valence-electron chi connectivity index (χ1n) is 8.09. The molecule has 0 bridgehead atoms. The molecule has 5 heteroatoms. The minimum atomic E-state index is 0.654. The molecule has 3 aromatic rings. The molecule has 2 aromatic carbocycles. The van der Waals surface area contributed by atoms with Crippen molar-refractivity contribution in [2.24, 2.45) is 0 Å². The minimum Gasteiger partial charge on any atom is -0.492 e. The maximum atomic E-state index is 6.13. The van der Waals surface area contributed by atoms with E-state index in [0.717, 1.165) is 36.8 Å². The second-order valence-corrected chi connectivity index (χ2v) is 6.98. The van der Waals surface area contributed by atoms with Crippen molar-refractivity contribution >= 4 is 34.1 Å². The SMILES string of the molecule is Clc1cccc(OCCN2CCc3c([nH]c4ccc(Cl)cc34)C2)c1. The molecule has 1 N–H and O–H groups in total. The summed E-state index contributed by atoms with van der Waals surface area (Å²) in [5.41, 5.74) is 3.86. The number of H-pyrrole nitrogens is 1. The zero-order valence-corrected chi connectivity index (χ0v) is 14.7. The van der Waals surface area contributed by atoms with Crippen LogP contribution in [0.5, 0.6) is 5.75 Å². The van der Waals surface area contributed by atoms with Gasteiger partial charge >= 0.3 is 0 Å². The summed E-state index contributed by atoms with van der Waals surface area (Å²) in [6.45, 7) is 3.50. The van der Waals surface area contributed by atoms with E-state index in [2.05, 4.69) is 22.0 Å². The van der Waals surface area contributed by atoms with E-state index < -0.39 is 0 Å². The standard InChI is InChI=1S/C19H18Cl2N2O/c20-13-2-1-3-15(10-13)24-9-8-23-7-6-16-17-11-14(21)4-5-18(17)22-19(16)12-23/h1-5,10-11,22H,6-9,12H2. The zero-order chi connectivity index (χ0) is 16.5. The molecule has 2 heterocycles. The van der Waals surface area contributed by atoms with Crippen molar-refractivity contribution in [3.05, 3.63) is 63.8 Å². The Labute approximate surface area is 151 Å². The van der Waals surface area contributed by atoms with Gasteiger partial charge < -0.3 is 9.72 Å². The highest BCUT2D eigenvalue weighted by Crippen LogP contribution is 2.29. The first-order chi connectivity index (χ1) is 11.7. The van der Waals surface area contributed by atoms with Crippen molar-refractivity contribution in [2.75, 3.05) is 19.7 Å². The zero-order valence-electron chi connectivity index (χ0n) is 13.2. The summed E-state index contributed by atoms with van der Waals surface area (Å²) in [6.07, 6.45) is 1.03. The molecule has 0 fully saturated rings. The monoisotopic (exact) mass is 360 g/mol. The Balaban J connectivity index is 1.40. The van der Waals surface area contributed by atoms with Crippen LogP contribution in [0, 0.1) is 0 Å². The predicted octanol–water partition coefficient (Wildman–Crippen LogP) is 4.91. The number of ether oxygens (including phenoxy) is 1. The van der Waals surface area contributed by atoms with Crippen LogP contribution in [0.1, 0.15) is 11.3 Å². The Hall–Kier alpha value is -1.68. The number of rotatable bonds is 4. The number of fused-ring (bicyclic) bond motifs is 3. The highest BCUT2D eigenvalue weighted by atomic mass is 35.5. The molecule has 0 unspecified atom stereocenters. The molecular weight excluding hydrogens is 343 g/mol. The molecule has 0 aliphatic carbocycles. The van der Waals surface area contributed by atoms with E-state index in [1.807, 2.05) is 30.3 Å². The second-order valence-electron chi connectivity index (χ2n) is 6.10. The molecule has 0 radical (unpaired) electrons. The van der Waals surface area contributed by atoms with Crippen LogP contribution in [0.4, 0.5) is 0 Å². The molecule has 0 atom stereocenters. The van der Waals surface area contributed by atoms with Gasteiger partial charge in [0, 0.05) is 46.3 Å². The van der Waals surface area contributed by atoms with E-state index in [0.29, 0.717) is 11.6 Å². The lowest BCUT2D eigenvalue weighted by Gasteiger charge is -2.26. The number of aromatic amines is 1. The number of hydrogen-bond donors (Lipinski definition) is 1. The maximum Gasteiger partial charge on any atom is 0.120 e. The van der Waals surface area contributed by atoms with Crippen LogP contribution in [0.25, 0.3) is 10.9 Å². The van der Waals surface area contributed by atoms with Crippen molar-refractivity contribution in [3.8, 4) is 5.75 Å². The molecule has 1 aliphatic rings. The average molecular weight is 361 g/mol. The summed E-state index contributed by atoms with van der Waals surface area (Å²) in [6, 6.07) is 13.6. The van der Waals surface area contributed by atoms with Gasteiger partial charge in [-0.1, -0.05) is 29.3 Å². The molecule has 0 amide bonds. The fourth-order valence-corrected chi connectivity index (χ4v) is 3.66. The third-order valence-corrected chi connectivity index (χ3v) is 4.96. The molecule has 24 heavy (non-hydrogen) atoms. The topological polar surface area (TPSA) is 28.3 Å². The lowest BCUT2D eigenvalue weighted by atomic mass is 10.0. The largest absolute Gasteiger partial charge is 0.492 e. The van der Waals surface area contributed by atoms with Crippen LogP contribution in [0.15, 0.2) is 42.5 Å². The highest BCUT2D eigenvalue weighted by molar-refractivity contribution is 6.31. The molecule has 0 saturated carbocycles. The number of nitrogens with one attached hydrogen (secondary N) is 1. The van der Waals surface area contributed by atoms with Crippen LogP contribution in [0.2, 0.25) is 10.0 Å². The summed E-state index contributed by atoms with van der Waals surface area (Å²) in [5.74, 6) is 0.820. The molecular formula is C19H18Cl2N2O. The Kier molecular flexibility index (Phi) is 4.40. The first kappa shape index (κ1) is 15.8. The van der Waals surface area contributed by atoms with Crippen LogP contribution in [-0.2, 0) is 13.0 Å². The summed E-state index contributed by atoms with van der Waals surface area (Å²) < 4.78 is 5.80. The van der Waals surface area contributed by atoms with Gasteiger partial charge in [-0.3, -0.25) is 4.90 Å². The van der Waals surface area contributed by atoms with Gasteiger partial charge in [0.05, 0.1) is 0 Å². The second kappa shape index (κ2) is 6.67. The number of halogens is 2. The predicted molar refractivity (Wildman–Crippen MR) is 99.2 cm³/mol. The van der Waals surface area contributed by atoms with Gasteiger partial charge in [-0.25, -0.2) is 0 Å². The maximum absolute atomic E-state index is 6.13. The molecule has 0 saturated heterocycles. The Bertz CT molecular complexity index is 875. The van der Waals surface area contributed by atoms with E-state index >= 15 is 0 Å². The highest BCUT2D eigenvalue weighted by Gasteiger charge is 2.20. The Morgan fingerprint density at radius 2 is 1.96 bits per heavy atom. The fraction of sp³-hybridized carbons (Fsp3) is 0.263. The molecule has 1 aromatic heterocycles. The van der Waals surface area contributed by atoms with Gasteiger partial charge in [-0.2, -0.15) is 0 Å². The lowest BCUT2D eigenvalue weighted by molar-refractivity contribution is 0.195. The van der Waals surface area contributed by atoms with Crippen molar-refractivity contribution < 1.29 is 4.74 Å². The van der Waals surface area contributed by atoms with Crippen molar-refractivity contribution in [1.29, 1.82) is 0 Å². The van der Waals surface area contributed by atoms with E-state index in [4.69, 9.17) is 27.9 Å². The third kappa shape index (κ3) is 3.25. The van der Waals surface area contributed by atoms with Gasteiger partial charge in [0.1, 0.15) is 12.4 Å². The quantitative estimate of drug-likeness (QED) is 0.715. The van der Waals surface area contributed by atoms with Crippen LogP contribution in [0.3, 0.4) is 0 Å². The molecule has 0 spiro atoms. The number of benzene rings is 2. The third-order valence-electron chi connectivity index (χ3n) is 4.49. The van der Waals surface area contributed by atoms with Crippen molar-refractivity contribution in [2.45, 2.75) is 13.0 Å². The lowest BCUT2D eigenvalue weighted by Crippen LogP contribution is -2.33. The van der Waals surface area contributed by atoms with E-state index in [1.54, 1.807) is 0 Å². The summed E-state index contributed by atoms with van der Waals surface area (Å²) >= 11 is 12.1. The molecule has 3 nitrogen and oxygen atoms in total. The van der Waals surface area contributed by atoms with Gasteiger partial charge in [0.25, 0.3) is 0 Å². The van der Waals surface area contributed by atoms with Gasteiger partial charge in [-0.15, -0.1) is 0 Å². The van der Waals surface area contributed by atoms with E-state index in [9.17, 15) is 0 Å². The summed E-state index contributed by atoms with van der Waals surface area (Å²) in [7, 11) is 0. The van der Waals surface area contributed by atoms with Crippen molar-refractivity contribution in [3.63, 3.8) is 0 Å². The van der Waals surface area contributed by atoms with Gasteiger partial charge in [0.15, 0.2) is 0 Å². The number of nitrogens with zero attached hydrogens (tertiary/aromatic N) is 1. The van der Waals surface area contributed by atoms with Gasteiger partial charge in [0.2, 0.25) is 0 Å². The molecule has 4 rings (SSSR count).